The molecule has 0 spiro atoms. The third kappa shape index (κ3) is 3.82. The van der Waals surface area contributed by atoms with E-state index in [-0.39, 0.29) is 0 Å². The van der Waals surface area contributed by atoms with Crippen molar-refractivity contribution in [2.75, 3.05) is 19.7 Å². The van der Waals surface area contributed by atoms with Crippen LogP contribution >= 0.6 is 11.6 Å². The summed E-state index contributed by atoms with van der Waals surface area (Å²) in [7, 11) is 0. The molecule has 1 N–H and O–H groups in total. The lowest BCUT2D eigenvalue weighted by Gasteiger charge is -2.42. The molecule has 0 atom stereocenters. The Morgan fingerprint density at radius 3 is 2.74 bits per heavy atom. The average molecular weight is 387 g/mol. The quantitative estimate of drug-likeness (QED) is 0.817. The monoisotopic (exact) mass is 386 g/mol. The number of benzene rings is 1. The topological polar surface area (TPSA) is 53.8 Å². The number of hydrazine groups is 1. The zero-order valence-corrected chi connectivity index (χ0v) is 16.2. The van der Waals surface area contributed by atoms with Gasteiger partial charge in [-0.05, 0) is 32.1 Å². The van der Waals surface area contributed by atoms with E-state index in [0.717, 1.165) is 42.3 Å². The van der Waals surface area contributed by atoms with Crippen LogP contribution in [0.5, 0.6) is 0 Å². The van der Waals surface area contributed by atoms with Gasteiger partial charge in [-0.15, -0.1) is 0 Å². The number of nitrogens with zero attached hydrogens (tertiary/aromatic N) is 3. The number of ether oxygens (including phenoxy) is 1. The lowest BCUT2D eigenvalue weighted by atomic mass is 10.1. The minimum Gasteiger partial charge on any atom is -0.375 e. The van der Waals surface area contributed by atoms with Crippen molar-refractivity contribution in [3.8, 4) is 11.3 Å². The summed E-state index contributed by atoms with van der Waals surface area (Å²) in [6.45, 7) is 7.27. The van der Waals surface area contributed by atoms with Gasteiger partial charge in [0.1, 0.15) is 11.5 Å². The summed E-state index contributed by atoms with van der Waals surface area (Å²) in [6, 6.07) is 7.64. The van der Waals surface area contributed by atoms with Gasteiger partial charge >= 0.3 is 0 Å². The van der Waals surface area contributed by atoms with Crippen molar-refractivity contribution in [2.45, 2.75) is 26.5 Å². The normalized spacial score (nSPS) is 16.9. The van der Waals surface area contributed by atoms with E-state index in [4.69, 9.17) is 20.9 Å². The van der Waals surface area contributed by atoms with Crippen molar-refractivity contribution in [3.05, 3.63) is 64.8 Å². The number of rotatable bonds is 6. The number of hydrogen-bond acceptors (Lipinski definition) is 6. The first-order chi connectivity index (χ1) is 13.1. The summed E-state index contributed by atoms with van der Waals surface area (Å²) < 4.78 is 11.1. The lowest BCUT2D eigenvalue weighted by Crippen LogP contribution is -2.52. The van der Waals surface area contributed by atoms with E-state index in [1.54, 1.807) is 0 Å². The second-order valence-corrected chi connectivity index (χ2v) is 7.13. The number of nitrogens with one attached hydrogen (secondary N) is 1. The van der Waals surface area contributed by atoms with E-state index >= 15 is 0 Å². The molecule has 4 rings (SSSR count). The van der Waals surface area contributed by atoms with Crippen LogP contribution in [0.2, 0.25) is 5.02 Å². The molecule has 1 aromatic heterocycles. The van der Waals surface area contributed by atoms with Crippen LogP contribution in [0, 0.1) is 6.92 Å². The molecule has 0 amide bonds. The predicted molar refractivity (Wildman–Crippen MR) is 105 cm³/mol. The lowest BCUT2D eigenvalue weighted by molar-refractivity contribution is -0.0332. The minimum atomic E-state index is 0.351. The third-order valence-electron chi connectivity index (χ3n) is 4.85. The third-order valence-corrected chi connectivity index (χ3v) is 5.10. The van der Waals surface area contributed by atoms with Crippen LogP contribution in [0.1, 0.15) is 18.2 Å². The molecular weight excluding hydrogens is 364 g/mol. The highest BCUT2D eigenvalue weighted by Crippen LogP contribution is 2.28. The molecule has 0 saturated carbocycles. The Labute approximate surface area is 164 Å². The molecule has 142 valence electrons. The average Bonchev–Trinajstić information content (AvgIpc) is 3.00. The molecule has 1 fully saturated rings. The molecule has 2 aromatic rings. The molecule has 0 radical (unpaired) electrons. The minimum absolute atomic E-state index is 0.351. The summed E-state index contributed by atoms with van der Waals surface area (Å²) in [4.78, 5) is 2.30. The highest BCUT2D eigenvalue weighted by atomic mass is 35.5. The zero-order valence-electron chi connectivity index (χ0n) is 15.5. The van der Waals surface area contributed by atoms with Crippen LogP contribution < -0.4 is 5.43 Å². The molecule has 2 aliphatic rings. The predicted octanol–water partition coefficient (Wildman–Crippen LogP) is 3.70. The summed E-state index contributed by atoms with van der Waals surface area (Å²) in [6.07, 6.45) is 6.53. The van der Waals surface area contributed by atoms with Crippen LogP contribution in [-0.4, -0.2) is 40.9 Å². The van der Waals surface area contributed by atoms with Gasteiger partial charge in [-0.1, -0.05) is 28.9 Å². The maximum absolute atomic E-state index is 5.99. The van der Waals surface area contributed by atoms with E-state index in [0.29, 0.717) is 17.7 Å². The second kappa shape index (κ2) is 7.66. The Hall–Kier alpha value is -2.44. The number of halogens is 1. The van der Waals surface area contributed by atoms with Crippen molar-refractivity contribution in [3.63, 3.8) is 0 Å². The number of allylic oxidation sites excluding steroid dienone is 1. The Balaban J connectivity index is 1.41. The van der Waals surface area contributed by atoms with Crippen molar-refractivity contribution in [2.24, 2.45) is 0 Å². The van der Waals surface area contributed by atoms with Gasteiger partial charge in [0.25, 0.3) is 0 Å². The van der Waals surface area contributed by atoms with Gasteiger partial charge in [0, 0.05) is 48.2 Å². The number of aryl methyl sites for hydroxylation is 1. The van der Waals surface area contributed by atoms with Crippen LogP contribution in [0.3, 0.4) is 0 Å². The van der Waals surface area contributed by atoms with E-state index in [1.807, 2.05) is 55.5 Å². The fraction of sp³-hybridized carbons (Fsp3) is 0.350. The van der Waals surface area contributed by atoms with Gasteiger partial charge in [0.05, 0.1) is 18.3 Å². The fourth-order valence-electron chi connectivity index (χ4n) is 3.27. The van der Waals surface area contributed by atoms with E-state index < -0.39 is 0 Å². The molecular formula is C20H23ClN4O2. The molecule has 0 unspecified atom stereocenters. The zero-order chi connectivity index (χ0) is 18.8. The molecule has 27 heavy (non-hydrogen) atoms. The molecule has 3 heterocycles. The SMILES string of the molecule is CCOC1CN(C2=CNN(Cc3c(-c4ccc(Cl)cc4)noc3C)C=C2)C1. The fourth-order valence-corrected chi connectivity index (χ4v) is 3.40. The van der Waals surface area contributed by atoms with Gasteiger partial charge < -0.3 is 19.6 Å². The number of aromatic nitrogens is 1. The van der Waals surface area contributed by atoms with Crippen molar-refractivity contribution < 1.29 is 9.26 Å². The molecule has 7 heteroatoms. The molecule has 6 nitrogen and oxygen atoms in total. The van der Waals surface area contributed by atoms with Crippen LogP contribution in [-0.2, 0) is 11.3 Å². The first-order valence-electron chi connectivity index (χ1n) is 9.13. The largest absolute Gasteiger partial charge is 0.375 e. The molecule has 0 aliphatic carbocycles. The second-order valence-electron chi connectivity index (χ2n) is 6.70. The smallest absolute Gasteiger partial charge is 0.139 e. The first kappa shape index (κ1) is 17.9. The number of hydrogen-bond donors (Lipinski definition) is 1. The van der Waals surface area contributed by atoms with Crippen molar-refractivity contribution in [1.29, 1.82) is 0 Å². The first-order valence-corrected chi connectivity index (χ1v) is 9.50. The standard InChI is InChI=1S/C20H23ClN4O2/c1-3-26-18-11-24(12-18)17-8-9-25(22-10-17)13-19-14(2)27-23-20(19)15-4-6-16(21)7-5-15/h4-10,18,22H,3,11-13H2,1-2H3. The van der Waals surface area contributed by atoms with Crippen molar-refractivity contribution >= 4 is 11.6 Å². The highest BCUT2D eigenvalue weighted by molar-refractivity contribution is 6.30. The maximum Gasteiger partial charge on any atom is 0.139 e. The van der Waals surface area contributed by atoms with E-state index in [2.05, 4.69) is 21.6 Å². The Morgan fingerprint density at radius 1 is 1.30 bits per heavy atom. The van der Waals surface area contributed by atoms with E-state index in [9.17, 15) is 0 Å². The molecule has 2 aliphatic heterocycles. The van der Waals surface area contributed by atoms with Gasteiger partial charge in [-0.25, -0.2) is 0 Å². The molecule has 1 saturated heterocycles. The summed E-state index contributed by atoms with van der Waals surface area (Å²) >= 11 is 5.99. The van der Waals surface area contributed by atoms with Gasteiger partial charge in [0.2, 0.25) is 0 Å². The van der Waals surface area contributed by atoms with Crippen LogP contribution in [0.25, 0.3) is 11.3 Å². The number of likely N-dealkylation sites (tertiary alicyclic amines) is 1. The van der Waals surface area contributed by atoms with Gasteiger partial charge in [-0.3, -0.25) is 5.01 Å². The van der Waals surface area contributed by atoms with Gasteiger partial charge in [-0.2, -0.15) is 0 Å². The molecule has 1 aromatic carbocycles. The van der Waals surface area contributed by atoms with E-state index in [1.165, 1.54) is 5.70 Å². The highest BCUT2D eigenvalue weighted by Gasteiger charge is 2.28. The Kier molecular flexibility index (Phi) is 5.09. The molecule has 0 bridgehead atoms. The summed E-state index contributed by atoms with van der Waals surface area (Å²) in [5, 5.41) is 6.96. The van der Waals surface area contributed by atoms with Crippen LogP contribution in [0.4, 0.5) is 0 Å². The van der Waals surface area contributed by atoms with Crippen molar-refractivity contribution in [1.82, 2.24) is 20.5 Å². The summed E-state index contributed by atoms with van der Waals surface area (Å²) in [5.74, 6) is 0.812. The summed E-state index contributed by atoms with van der Waals surface area (Å²) in [5.41, 5.74) is 7.38. The van der Waals surface area contributed by atoms with Crippen LogP contribution in [0.15, 0.2) is 53.0 Å². The van der Waals surface area contributed by atoms with Gasteiger partial charge in [0.15, 0.2) is 0 Å². The Bertz CT molecular complexity index is 853. The maximum atomic E-state index is 5.99. The Morgan fingerprint density at radius 2 is 2.07 bits per heavy atom.